The van der Waals surface area contributed by atoms with Crippen molar-refractivity contribution >= 4 is 47.3 Å². The van der Waals surface area contributed by atoms with Crippen molar-refractivity contribution in [1.29, 1.82) is 0 Å². The second-order valence-corrected chi connectivity index (χ2v) is 8.37. The minimum Gasteiger partial charge on any atom is -0.353 e. The summed E-state index contributed by atoms with van der Waals surface area (Å²) in [6, 6.07) is 4.38. The Morgan fingerprint density at radius 3 is 2.38 bits per heavy atom. The monoisotopic (exact) mass is 438 g/mol. The summed E-state index contributed by atoms with van der Waals surface area (Å²) in [5, 5.41) is 0. The smallest absolute Gasteiger partial charge is 0.169 e. The number of nitrogens with zero attached hydrogens (tertiary/aromatic N) is 4. The summed E-state index contributed by atoms with van der Waals surface area (Å²) >= 11 is 0. The number of aromatic nitrogens is 2. The van der Waals surface area contributed by atoms with E-state index in [1.165, 1.54) is 32.1 Å². The van der Waals surface area contributed by atoms with Crippen LogP contribution in [0.15, 0.2) is 24.5 Å². The van der Waals surface area contributed by atoms with Crippen LogP contribution < -0.4 is 4.90 Å². The summed E-state index contributed by atoms with van der Waals surface area (Å²) in [6.07, 6.45) is 13.0. The Morgan fingerprint density at radius 2 is 1.76 bits per heavy atom. The van der Waals surface area contributed by atoms with Gasteiger partial charge in [-0.15, -0.1) is 24.8 Å². The maximum absolute atomic E-state index is 13.3. The molecule has 0 saturated heterocycles. The highest BCUT2D eigenvalue weighted by Crippen LogP contribution is 2.38. The molecule has 5 nitrogen and oxygen atoms in total. The quantitative estimate of drug-likeness (QED) is 0.462. The minimum absolute atomic E-state index is 0. The predicted octanol–water partition coefficient (Wildman–Crippen LogP) is 5.11. The molecule has 0 radical (unpaired) electrons. The number of anilines is 1. The molecule has 2 heterocycles. The van der Waals surface area contributed by atoms with Crippen LogP contribution in [-0.2, 0) is 0 Å². The van der Waals surface area contributed by atoms with E-state index in [9.17, 15) is 4.79 Å². The van der Waals surface area contributed by atoms with Crippen molar-refractivity contribution in [1.82, 2.24) is 14.9 Å². The third-order valence-electron chi connectivity index (χ3n) is 6.08. The number of fused-ring (bicyclic) bond motifs is 1. The summed E-state index contributed by atoms with van der Waals surface area (Å²) in [6.45, 7) is 0.797. The van der Waals surface area contributed by atoms with Gasteiger partial charge in [0.15, 0.2) is 5.78 Å². The molecule has 4 rings (SSSR count). The Kier molecular flexibility index (Phi) is 8.68. The van der Waals surface area contributed by atoms with E-state index < -0.39 is 0 Å². The first-order valence-electron chi connectivity index (χ1n) is 10.3. The lowest BCUT2D eigenvalue weighted by atomic mass is 9.79. The van der Waals surface area contributed by atoms with Crippen LogP contribution >= 0.6 is 24.8 Å². The van der Waals surface area contributed by atoms with Crippen molar-refractivity contribution in [2.75, 3.05) is 25.7 Å². The van der Waals surface area contributed by atoms with Gasteiger partial charge in [0.2, 0.25) is 0 Å². The number of hydrogen-bond donors (Lipinski definition) is 0. The van der Waals surface area contributed by atoms with Crippen LogP contribution in [0.5, 0.6) is 0 Å². The number of ketones is 1. The summed E-state index contributed by atoms with van der Waals surface area (Å²) in [5.41, 5.74) is 3.53. The maximum Gasteiger partial charge on any atom is 0.169 e. The van der Waals surface area contributed by atoms with Gasteiger partial charge in [-0.05, 0) is 51.9 Å². The molecule has 0 amide bonds. The molecule has 29 heavy (non-hydrogen) atoms. The van der Waals surface area contributed by atoms with Gasteiger partial charge in [0, 0.05) is 24.4 Å². The lowest BCUT2D eigenvalue weighted by molar-refractivity contribution is 0.0855. The van der Waals surface area contributed by atoms with Crippen LogP contribution in [0.4, 0.5) is 5.69 Å². The van der Waals surface area contributed by atoms with E-state index in [0.29, 0.717) is 6.04 Å². The summed E-state index contributed by atoms with van der Waals surface area (Å²) in [5.74, 6) is 0.426. The summed E-state index contributed by atoms with van der Waals surface area (Å²) in [4.78, 5) is 27.2. The minimum atomic E-state index is 0. The van der Waals surface area contributed by atoms with Crippen LogP contribution in [0.2, 0.25) is 0 Å². The topological polar surface area (TPSA) is 49.3 Å². The van der Waals surface area contributed by atoms with Crippen LogP contribution in [-0.4, -0.2) is 47.5 Å². The number of rotatable bonds is 6. The fraction of sp³-hybridized carbons (Fsp3) is 0.591. The number of Topliss-reactive ketones (excluding diaryl/α,β-unsaturated/α-hetero) is 1. The molecule has 0 spiro atoms. The Labute approximate surface area is 186 Å². The number of carbonyl (C=O) groups is 1. The first-order chi connectivity index (χ1) is 13.1. The molecule has 2 fully saturated rings. The Bertz CT molecular complexity index is 820. The van der Waals surface area contributed by atoms with Gasteiger partial charge in [-0.25, -0.2) is 0 Å². The number of halogens is 2. The average Bonchev–Trinajstić information content (AvgIpc) is 2.64. The molecule has 2 aromatic heterocycles. The van der Waals surface area contributed by atoms with Gasteiger partial charge in [-0.2, -0.15) is 0 Å². The second kappa shape index (κ2) is 10.6. The van der Waals surface area contributed by atoms with Crippen molar-refractivity contribution in [3.8, 4) is 0 Å². The first-order valence-corrected chi connectivity index (χ1v) is 10.3. The largest absolute Gasteiger partial charge is 0.353 e. The van der Waals surface area contributed by atoms with Crippen LogP contribution in [0.3, 0.4) is 0 Å². The van der Waals surface area contributed by atoms with Gasteiger partial charge in [-0.1, -0.05) is 25.7 Å². The van der Waals surface area contributed by atoms with E-state index in [1.807, 2.05) is 24.5 Å². The highest BCUT2D eigenvalue weighted by molar-refractivity contribution is 6.08. The van der Waals surface area contributed by atoms with E-state index in [1.54, 1.807) is 0 Å². The number of pyridine rings is 2. The highest BCUT2D eigenvalue weighted by atomic mass is 35.5. The standard InChI is InChI=1S/C22H30N4O.2ClH/c1-25(2)15-26(17-10-4-3-5-11-17)21-18(22(27)16-8-6-9-16)14-24-19-12-7-13-23-20(19)21;;/h7,12-14,16-17H,3-6,8-11,15H2,1-2H3;2*1H. The third kappa shape index (κ3) is 5.01. The normalized spacial score (nSPS) is 17.3. The Morgan fingerprint density at radius 1 is 1.03 bits per heavy atom. The molecule has 0 aromatic carbocycles. The molecule has 0 bridgehead atoms. The molecule has 2 aliphatic carbocycles. The van der Waals surface area contributed by atoms with E-state index in [2.05, 4.69) is 33.9 Å². The van der Waals surface area contributed by atoms with E-state index in [4.69, 9.17) is 0 Å². The SMILES string of the molecule is CN(C)CN(c1c(C(=O)C2CCC2)cnc2cccnc12)C1CCCCC1.Cl.Cl. The van der Waals surface area contributed by atoms with Crippen molar-refractivity contribution in [3.05, 3.63) is 30.1 Å². The molecular weight excluding hydrogens is 407 g/mol. The van der Waals surface area contributed by atoms with Crippen molar-refractivity contribution in [2.45, 2.75) is 57.4 Å². The number of carbonyl (C=O) groups excluding carboxylic acids is 1. The van der Waals surface area contributed by atoms with Gasteiger partial charge >= 0.3 is 0 Å². The number of hydrogen-bond acceptors (Lipinski definition) is 5. The zero-order valence-electron chi connectivity index (χ0n) is 17.3. The molecule has 2 aliphatic rings. The average molecular weight is 439 g/mol. The zero-order valence-corrected chi connectivity index (χ0v) is 19.0. The lowest BCUT2D eigenvalue weighted by Gasteiger charge is -2.39. The Hall–Kier alpha value is -1.43. The van der Waals surface area contributed by atoms with E-state index in [0.717, 1.165) is 48.2 Å². The predicted molar refractivity (Wildman–Crippen MR) is 124 cm³/mol. The second-order valence-electron chi connectivity index (χ2n) is 8.37. The van der Waals surface area contributed by atoms with Gasteiger partial charge in [-0.3, -0.25) is 19.7 Å². The molecule has 7 heteroatoms. The molecule has 0 unspecified atom stereocenters. The summed E-state index contributed by atoms with van der Waals surface area (Å²) < 4.78 is 0. The fourth-order valence-corrected chi connectivity index (χ4v) is 4.43. The van der Waals surface area contributed by atoms with Gasteiger partial charge in [0.25, 0.3) is 0 Å². The van der Waals surface area contributed by atoms with Crippen molar-refractivity contribution < 1.29 is 4.79 Å². The third-order valence-corrected chi connectivity index (χ3v) is 6.08. The lowest BCUT2D eigenvalue weighted by Crippen LogP contribution is -2.43. The first kappa shape index (κ1) is 23.8. The highest BCUT2D eigenvalue weighted by Gasteiger charge is 2.33. The van der Waals surface area contributed by atoms with E-state index in [-0.39, 0.29) is 36.5 Å². The van der Waals surface area contributed by atoms with Gasteiger partial charge in [0.05, 0.1) is 23.4 Å². The zero-order chi connectivity index (χ0) is 18.8. The molecule has 0 aliphatic heterocycles. The molecular formula is C22H32Cl2N4O. The van der Waals surface area contributed by atoms with E-state index >= 15 is 0 Å². The van der Waals surface area contributed by atoms with Crippen molar-refractivity contribution in [3.63, 3.8) is 0 Å². The summed E-state index contributed by atoms with van der Waals surface area (Å²) in [7, 11) is 4.19. The molecule has 0 N–H and O–H groups in total. The van der Waals surface area contributed by atoms with Crippen LogP contribution in [0.1, 0.15) is 61.7 Å². The maximum atomic E-state index is 13.3. The Balaban J connectivity index is 0.00000150. The van der Waals surface area contributed by atoms with Crippen molar-refractivity contribution in [2.24, 2.45) is 5.92 Å². The molecule has 2 aromatic rings. The van der Waals surface area contributed by atoms with Crippen LogP contribution in [0.25, 0.3) is 11.0 Å². The molecule has 2 saturated carbocycles. The molecule has 0 atom stereocenters. The van der Waals surface area contributed by atoms with Gasteiger partial charge in [0.1, 0.15) is 5.52 Å². The fourth-order valence-electron chi connectivity index (χ4n) is 4.43. The van der Waals surface area contributed by atoms with Gasteiger partial charge < -0.3 is 4.90 Å². The molecule has 160 valence electrons. The van der Waals surface area contributed by atoms with Crippen LogP contribution in [0, 0.1) is 5.92 Å².